The average molecular weight is 1160 g/mol. The van der Waals surface area contributed by atoms with Gasteiger partial charge in [0.25, 0.3) is 0 Å². The lowest BCUT2D eigenvalue weighted by Gasteiger charge is -2.31. The minimum absolute atomic E-state index is 0.00333. The van der Waals surface area contributed by atoms with E-state index in [-0.39, 0.29) is 73.0 Å². The van der Waals surface area contributed by atoms with Crippen LogP contribution in [0, 0.1) is 17.8 Å². The molecule has 20 nitrogen and oxygen atoms in total. The number of anilines is 2. The zero-order valence-electron chi connectivity index (χ0n) is 47.8. The molecule has 2 fully saturated rings. The second-order valence-electron chi connectivity index (χ2n) is 21.8. The number of fused-ring (bicyclic) bond motifs is 1. The maximum Gasteiger partial charge on any atom is 0.407 e. The number of ether oxygens (including phenoxy) is 6. The predicted molar refractivity (Wildman–Crippen MR) is 307 cm³/mol. The summed E-state index contributed by atoms with van der Waals surface area (Å²) in [5, 5.41) is 34.6. The highest BCUT2D eigenvalue weighted by Gasteiger charge is 2.44. The van der Waals surface area contributed by atoms with Gasteiger partial charge in [-0.05, 0) is 112 Å². The van der Waals surface area contributed by atoms with E-state index in [1.165, 1.54) is 8.61 Å². The molecular weight excluding hydrogens is 1070 g/mol. The molecular formula is C58H86N6O14S2. The topological polar surface area (TPSA) is 253 Å². The molecule has 2 unspecified atom stereocenters. The monoisotopic (exact) mass is 1150 g/mol. The van der Waals surface area contributed by atoms with Gasteiger partial charge in [0.15, 0.2) is 6.29 Å². The number of carbonyl (C=O) groups excluding carboxylic acids is 2. The number of hydrogen-bond acceptors (Lipinski definition) is 16. The first-order chi connectivity index (χ1) is 38.0. The number of carbonyl (C=O) groups is 2. The van der Waals surface area contributed by atoms with Crippen molar-refractivity contribution in [3.63, 3.8) is 0 Å². The molecule has 2 heterocycles. The molecule has 6 N–H and O–H groups in total. The van der Waals surface area contributed by atoms with Gasteiger partial charge in [0, 0.05) is 64.9 Å². The first-order valence-corrected chi connectivity index (χ1v) is 30.2. The molecule has 0 bridgehead atoms. The summed E-state index contributed by atoms with van der Waals surface area (Å²) in [5.74, 6) is -0.0174. The number of aliphatic hydroxyl groups is 2. The number of amides is 2. The van der Waals surface area contributed by atoms with E-state index in [9.17, 15) is 36.6 Å². The third kappa shape index (κ3) is 21.2. The smallest absolute Gasteiger partial charge is 0.407 e. The summed E-state index contributed by atoms with van der Waals surface area (Å²) in [6.45, 7) is 16.0. The Morgan fingerprint density at radius 2 is 1.05 bits per heavy atom. The van der Waals surface area contributed by atoms with Crippen molar-refractivity contribution in [1.82, 2.24) is 19.2 Å². The summed E-state index contributed by atoms with van der Waals surface area (Å²) in [4.78, 5) is 25.8. The van der Waals surface area contributed by atoms with Crippen LogP contribution in [0.3, 0.4) is 0 Å². The lowest BCUT2D eigenvalue weighted by Crippen LogP contribution is -2.51. The third-order valence-corrected chi connectivity index (χ3v) is 16.6. The minimum Gasteiger partial charge on any atom is -0.444 e. The summed E-state index contributed by atoms with van der Waals surface area (Å²) in [5.41, 5.74) is 2.60. The van der Waals surface area contributed by atoms with Gasteiger partial charge in [-0.3, -0.25) is 0 Å². The van der Waals surface area contributed by atoms with Crippen molar-refractivity contribution in [3.8, 4) is 0 Å². The summed E-state index contributed by atoms with van der Waals surface area (Å²) < 4.78 is 89.6. The van der Waals surface area contributed by atoms with E-state index in [4.69, 9.17) is 28.4 Å². The van der Waals surface area contributed by atoms with E-state index >= 15 is 0 Å². The van der Waals surface area contributed by atoms with Crippen LogP contribution in [0.5, 0.6) is 0 Å². The molecule has 0 spiro atoms. The van der Waals surface area contributed by atoms with Gasteiger partial charge in [-0.2, -0.15) is 8.61 Å². The quantitative estimate of drug-likeness (QED) is 0.0308. The molecule has 2 aliphatic heterocycles. The zero-order valence-corrected chi connectivity index (χ0v) is 49.4. The molecule has 0 saturated carbocycles. The largest absolute Gasteiger partial charge is 0.444 e. The number of nitrogens with zero attached hydrogens (tertiary/aromatic N) is 2. The Bertz CT molecular complexity index is 2680. The molecule has 0 aliphatic carbocycles. The van der Waals surface area contributed by atoms with Crippen molar-refractivity contribution >= 4 is 43.6 Å². The Balaban J connectivity index is 0.000000296. The van der Waals surface area contributed by atoms with E-state index in [0.29, 0.717) is 39.3 Å². The van der Waals surface area contributed by atoms with Gasteiger partial charge in [-0.25, -0.2) is 26.4 Å². The van der Waals surface area contributed by atoms with Gasteiger partial charge in [0.05, 0.1) is 66.4 Å². The van der Waals surface area contributed by atoms with E-state index in [1.807, 2.05) is 88.4 Å². The fourth-order valence-corrected chi connectivity index (χ4v) is 12.3. The molecule has 80 heavy (non-hydrogen) atoms. The van der Waals surface area contributed by atoms with Crippen molar-refractivity contribution in [2.75, 3.05) is 90.5 Å². The van der Waals surface area contributed by atoms with Crippen LogP contribution in [0.4, 0.5) is 21.0 Å². The van der Waals surface area contributed by atoms with Crippen molar-refractivity contribution in [3.05, 3.63) is 120 Å². The highest BCUT2D eigenvalue weighted by atomic mass is 32.2. The first kappa shape index (κ1) is 65.4. The normalized spacial score (nSPS) is 18.0. The third-order valence-electron chi connectivity index (χ3n) is 12.9. The number of hydrogen-bond donors (Lipinski definition) is 6. The molecule has 6 rings (SSSR count). The maximum absolute atomic E-state index is 13.8. The number of nitrogens with one attached hydrogen (secondary N) is 4. The summed E-state index contributed by atoms with van der Waals surface area (Å²) in [7, 11) is -4.64. The van der Waals surface area contributed by atoms with Gasteiger partial charge in [-0.1, -0.05) is 88.4 Å². The Kier molecular flexibility index (Phi) is 25.9. The van der Waals surface area contributed by atoms with Crippen LogP contribution in [0.1, 0.15) is 66.0 Å². The van der Waals surface area contributed by atoms with Gasteiger partial charge >= 0.3 is 12.2 Å². The van der Waals surface area contributed by atoms with Crippen molar-refractivity contribution in [2.45, 2.75) is 120 Å². The number of rotatable bonds is 29. The molecule has 2 saturated heterocycles. The van der Waals surface area contributed by atoms with Crippen LogP contribution < -0.4 is 21.3 Å². The van der Waals surface area contributed by atoms with Crippen LogP contribution >= 0.6 is 0 Å². The predicted octanol–water partition coefficient (Wildman–Crippen LogP) is 6.74. The van der Waals surface area contributed by atoms with E-state index < -0.39 is 68.2 Å². The summed E-state index contributed by atoms with van der Waals surface area (Å²) in [6, 6.07) is 30.2. The average Bonchev–Trinajstić information content (AvgIpc) is 4.10. The molecule has 22 heteroatoms. The fourth-order valence-electron chi connectivity index (χ4n) is 9.04. The van der Waals surface area contributed by atoms with Gasteiger partial charge in [0.1, 0.15) is 11.7 Å². The highest BCUT2D eigenvalue weighted by molar-refractivity contribution is 7.89. The van der Waals surface area contributed by atoms with Crippen LogP contribution in [-0.2, 0) is 61.3 Å². The second-order valence-corrected chi connectivity index (χ2v) is 25.7. The molecule has 7 atom stereocenters. The fraction of sp³-hybridized carbons (Fsp3) is 0.552. The molecule has 0 radical (unpaired) electrons. The molecule has 4 aromatic carbocycles. The van der Waals surface area contributed by atoms with Crippen LogP contribution in [0.15, 0.2) is 119 Å². The summed E-state index contributed by atoms with van der Waals surface area (Å²) in [6.07, 6.45) is -3.25. The summed E-state index contributed by atoms with van der Waals surface area (Å²) >= 11 is 0. The maximum atomic E-state index is 13.8. The van der Waals surface area contributed by atoms with Crippen LogP contribution in [0.2, 0.25) is 0 Å². The Labute approximate surface area is 474 Å². The SMILES string of the molecule is COCCNc1ccc(S(=O)(=O)N(CC(C)C)CC(O)[C@H](Cc2ccccc2)NC(=O)OC(C)(C)C)cc1.COCCNc1ccc(S(=O)(=O)N(CC(C)C)CC(O)[C@H](Cc2ccccc2)NC(=O)O[C@H]2CO[C@H]3OCC[C@H]32)cc1. The van der Waals surface area contributed by atoms with Crippen molar-refractivity contribution in [2.24, 2.45) is 17.8 Å². The highest BCUT2D eigenvalue weighted by Crippen LogP contribution is 2.33. The lowest BCUT2D eigenvalue weighted by atomic mass is 10.0. The number of alkyl carbamates (subject to hydrolysis) is 2. The van der Waals surface area contributed by atoms with Crippen molar-refractivity contribution in [1.29, 1.82) is 0 Å². The van der Waals surface area contributed by atoms with E-state index in [2.05, 4.69) is 21.3 Å². The Morgan fingerprint density at radius 3 is 1.45 bits per heavy atom. The second kappa shape index (κ2) is 31.7. The molecule has 2 amide bonds. The molecule has 0 aromatic heterocycles. The van der Waals surface area contributed by atoms with Gasteiger partial charge in [-0.15, -0.1) is 0 Å². The van der Waals surface area contributed by atoms with Crippen molar-refractivity contribution < 1.29 is 65.1 Å². The van der Waals surface area contributed by atoms with E-state index in [1.54, 1.807) is 83.5 Å². The Hall–Kier alpha value is -5.40. The molecule has 4 aromatic rings. The first-order valence-electron chi connectivity index (χ1n) is 27.3. The van der Waals surface area contributed by atoms with Crippen LogP contribution in [0.25, 0.3) is 0 Å². The van der Waals surface area contributed by atoms with Gasteiger partial charge in [0.2, 0.25) is 20.0 Å². The minimum atomic E-state index is -3.95. The van der Waals surface area contributed by atoms with Crippen LogP contribution in [-0.4, -0.2) is 170 Å². The Morgan fingerprint density at radius 1 is 0.625 bits per heavy atom. The number of aliphatic hydroxyl groups excluding tert-OH is 2. The van der Waals surface area contributed by atoms with Gasteiger partial charge < -0.3 is 59.9 Å². The zero-order chi connectivity index (χ0) is 58.5. The number of methoxy groups -OCH3 is 2. The van der Waals surface area contributed by atoms with E-state index in [0.717, 1.165) is 28.9 Å². The lowest BCUT2D eigenvalue weighted by molar-refractivity contribution is -0.0907. The number of sulfonamides is 2. The number of benzene rings is 4. The molecule has 2 aliphatic rings. The standard InChI is InChI=1S/C30H43N3O8S.C28H43N3O6S/c1-21(2)18-33(42(36,37)24-11-9-23(10-12-24)31-14-16-38-3)19-27(34)26(17-22-7-5-4-6-8-22)32-30(35)41-28-20-40-29-25(28)13-15-39-29;1-21(2)19-31(38(34,35)24-14-12-23(13-15-24)29-16-17-36-6)20-26(32)25(18-22-10-8-7-9-11-22)30-27(33)37-28(3,4)5/h4-12,21,25-29,31,34H,13-20H2,1-3H3,(H,32,35);7-15,21,25-26,29,32H,16-20H2,1-6H3,(H,30,33)/t25-,26-,27?,28-,29+;25-,26?/m00/s1. The molecule has 444 valence electrons.